The van der Waals surface area contributed by atoms with Crippen molar-refractivity contribution in [3.8, 4) is 0 Å². The van der Waals surface area contributed by atoms with Gasteiger partial charge in [-0.3, -0.25) is 4.79 Å². The van der Waals surface area contributed by atoms with E-state index in [0.717, 1.165) is 38.9 Å². The minimum Gasteiger partial charge on any atom is -0.465 e. The van der Waals surface area contributed by atoms with E-state index in [4.69, 9.17) is 23.7 Å². The van der Waals surface area contributed by atoms with Gasteiger partial charge in [0.15, 0.2) is 6.61 Å². The Labute approximate surface area is 154 Å². The van der Waals surface area contributed by atoms with Crippen LogP contribution >= 0.6 is 0 Å². The second-order valence-electron chi connectivity index (χ2n) is 5.40. The Hall–Kier alpha value is -1.93. The fourth-order valence-electron chi connectivity index (χ4n) is 1.79. The van der Waals surface area contributed by atoms with Gasteiger partial charge in [0.25, 0.3) is 0 Å². The number of unbranched alkanes of at least 4 members (excludes halogenated alkanes) is 3. The van der Waals surface area contributed by atoms with Gasteiger partial charge in [-0.2, -0.15) is 0 Å². The van der Waals surface area contributed by atoms with Gasteiger partial charge in [-0.15, -0.1) is 0 Å². The predicted molar refractivity (Wildman–Crippen MR) is 93.5 cm³/mol. The lowest BCUT2D eigenvalue weighted by Crippen LogP contribution is -2.20. The number of ether oxygens (including phenoxy) is 5. The summed E-state index contributed by atoms with van der Waals surface area (Å²) >= 11 is 0. The Kier molecular flexibility index (Phi) is 15.3. The molecule has 0 fully saturated rings. The van der Waals surface area contributed by atoms with Crippen LogP contribution < -0.4 is 0 Å². The van der Waals surface area contributed by atoms with E-state index < -0.39 is 24.5 Å². The fraction of sp³-hybridized carbons (Fsp3) is 0.722. The van der Waals surface area contributed by atoms with Gasteiger partial charge in [-0.05, 0) is 26.2 Å². The van der Waals surface area contributed by atoms with Crippen LogP contribution in [0, 0.1) is 0 Å². The predicted octanol–water partition coefficient (Wildman–Crippen LogP) is 1.81. The van der Waals surface area contributed by atoms with Crippen molar-refractivity contribution in [3.05, 3.63) is 12.2 Å². The molecule has 150 valence electrons. The van der Waals surface area contributed by atoms with E-state index in [1.165, 1.54) is 7.11 Å². The number of methoxy groups -OCH3 is 1. The van der Waals surface area contributed by atoms with Crippen molar-refractivity contribution in [2.45, 2.75) is 39.0 Å². The molecule has 0 aromatic heterocycles. The lowest BCUT2D eigenvalue weighted by molar-refractivity contribution is -0.157. The molecule has 0 aliphatic rings. The number of hydrogen-bond donors (Lipinski definition) is 0. The summed E-state index contributed by atoms with van der Waals surface area (Å²) in [5, 5.41) is 0. The molecule has 8 heteroatoms. The molecule has 0 rings (SSSR count). The molecular formula is C18H30O8. The van der Waals surface area contributed by atoms with Gasteiger partial charge in [-0.25, -0.2) is 9.59 Å². The van der Waals surface area contributed by atoms with Gasteiger partial charge < -0.3 is 23.7 Å². The molecule has 0 atom stereocenters. The van der Waals surface area contributed by atoms with Crippen molar-refractivity contribution < 1.29 is 38.1 Å². The molecule has 0 aromatic carbocycles. The van der Waals surface area contributed by atoms with Crippen molar-refractivity contribution in [1.29, 1.82) is 0 Å². The van der Waals surface area contributed by atoms with Crippen LogP contribution in [0.15, 0.2) is 12.2 Å². The molecule has 0 aliphatic carbocycles. The number of rotatable bonds is 16. The maximum Gasteiger partial charge on any atom is 0.344 e. The summed E-state index contributed by atoms with van der Waals surface area (Å²) in [6.45, 7) is 6.98. The molecule has 0 saturated carbocycles. The van der Waals surface area contributed by atoms with Gasteiger partial charge in [0.2, 0.25) is 0 Å². The zero-order chi connectivity index (χ0) is 19.6. The Balaban J connectivity index is 3.72. The first-order valence-electron chi connectivity index (χ1n) is 8.74. The van der Waals surface area contributed by atoms with E-state index in [-0.39, 0.29) is 25.2 Å². The first-order valence-corrected chi connectivity index (χ1v) is 8.74. The lowest BCUT2D eigenvalue weighted by atomic mass is 10.2. The first-order chi connectivity index (χ1) is 12.5. The molecule has 26 heavy (non-hydrogen) atoms. The smallest absolute Gasteiger partial charge is 0.344 e. The third-order valence-electron chi connectivity index (χ3n) is 3.17. The summed E-state index contributed by atoms with van der Waals surface area (Å²) < 4.78 is 24.4. The number of carbonyl (C=O) groups is 3. The van der Waals surface area contributed by atoms with E-state index in [2.05, 4.69) is 6.58 Å². The van der Waals surface area contributed by atoms with E-state index in [9.17, 15) is 14.4 Å². The Morgan fingerprint density at radius 3 is 2.12 bits per heavy atom. The highest BCUT2D eigenvalue weighted by Gasteiger charge is 2.16. The van der Waals surface area contributed by atoms with Gasteiger partial charge >= 0.3 is 17.9 Å². The molecule has 0 heterocycles. The molecule has 8 nitrogen and oxygen atoms in total. The second kappa shape index (κ2) is 16.5. The van der Waals surface area contributed by atoms with E-state index in [1.807, 2.05) is 6.92 Å². The Bertz CT molecular complexity index is 433. The minimum atomic E-state index is -0.832. The van der Waals surface area contributed by atoms with E-state index >= 15 is 0 Å². The second-order valence-corrected chi connectivity index (χ2v) is 5.40. The third kappa shape index (κ3) is 14.4. The van der Waals surface area contributed by atoms with Gasteiger partial charge in [0.1, 0.15) is 6.61 Å². The summed E-state index contributed by atoms with van der Waals surface area (Å²) in [6.07, 6.45) is 3.41. The largest absolute Gasteiger partial charge is 0.465 e. The molecule has 0 amide bonds. The minimum absolute atomic E-state index is 0.0728. The van der Waals surface area contributed by atoms with Crippen molar-refractivity contribution in [2.24, 2.45) is 0 Å². The summed E-state index contributed by atoms with van der Waals surface area (Å²) in [5.41, 5.74) is -0.0728. The van der Waals surface area contributed by atoms with E-state index in [1.54, 1.807) is 0 Å². The normalized spacial score (nSPS) is 10.2. The average Bonchev–Trinajstić information content (AvgIpc) is 2.62. The first kappa shape index (κ1) is 24.1. The van der Waals surface area contributed by atoms with Gasteiger partial charge in [-0.1, -0.05) is 13.0 Å². The molecule has 0 N–H and O–H groups in total. The summed E-state index contributed by atoms with van der Waals surface area (Å²) in [4.78, 5) is 34.5. The van der Waals surface area contributed by atoms with Gasteiger partial charge in [0, 0.05) is 25.9 Å². The Morgan fingerprint density at radius 2 is 1.46 bits per heavy atom. The van der Waals surface area contributed by atoms with E-state index in [0.29, 0.717) is 6.61 Å². The van der Waals surface area contributed by atoms with Crippen LogP contribution in [-0.4, -0.2) is 64.7 Å². The quantitative estimate of drug-likeness (QED) is 0.175. The molecule has 0 aromatic rings. The van der Waals surface area contributed by atoms with Crippen LogP contribution in [0.3, 0.4) is 0 Å². The number of hydrogen-bond acceptors (Lipinski definition) is 8. The maximum absolute atomic E-state index is 11.6. The monoisotopic (exact) mass is 374 g/mol. The van der Waals surface area contributed by atoms with Crippen LogP contribution in [0.5, 0.6) is 0 Å². The van der Waals surface area contributed by atoms with Crippen LogP contribution in [0.1, 0.15) is 39.0 Å². The molecular weight excluding hydrogens is 344 g/mol. The van der Waals surface area contributed by atoms with Crippen molar-refractivity contribution >= 4 is 17.9 Å². The zero-order valence-corrected chi connectivity index (χ0v) is 15.8. The zero-order valence-electron chi connectivity index (χ0n) is 15.8. The van der Waals surface area contributed by atoms with Gasteiger partial charge in [0.05, 0.1) is 19.6 Å². The number of carbonyl (C=O) groups excluding carboxylic acids is 3. The standard InChI is InChI=1S/C18H30O8/c1-4-23-9-7-5-6-8-10-24-16(19)13-15(2)18(21)26-14-17(20)25-12-11-22-3/h2,4-14H2,1,3H3. The van der Waals surface area contributed by atoms with Crippen LogP contribution in [0.2, 0.25) is 0 Å². The molecule has 0 bridgehead atoms. The highest BCUT2D eigenvalue weighted by molar-refractivity contribution is 5.94. The maximum atomic E-state index is 11.6. The molecule has 0 spiro atoms. The summed E-state index contributed by atoms with van der Waals surface area (Å²) in [5.74, 6) is -2.08. The average molecular weight is 374 g/mol. The number of esters is 3. The highest BCUT2D eigenvalue weighted by atomic mass is 16.6. The molecule has 0 aliphatic heterocycles. The topological polar surface area (TPSA) is 97.4 Å². The molecule has 0 saturated heterocycles. The molecule has 0 radical (unpaired) electrons. The van der Waals surface area contributed by atoms with Crippen molar-refractivity contribution in [2.75, 3.05) is 46.8 Å². The third-order valence-corrected chi connectivity index (χ3v) is 3.17. The van der Waals surface area contributed by atoms with Crippen molar-refractivity contribution in [1.82, 2.24) is 0 Å². The summed E-state index contributed by atoms with van der Waals surface area (Å²) in [6, 6.07) is 0. The summed E-state index contributed by atoms with van der Waals surface area (Å²) in [7, 11) is 1.47. The lowest BCUT2D eigenvalue weighted by Gasteiger charge is -2.08. The van der Waals surface area contributed by atoms with Crippen LogP contribution in [-0.2, 0) is 38.1 Å². The van der Waals surface area contributed by atoms with Crippen LogP contribution in [0.25, 0.3) is 0 Å². The Morgan fingerprint density at radius 1 is 0.808 bits per heavy atom. The highest BCUT2D eigenvalue weighted by Crippen LogP contribution is 2.05. The molecule has 0 unspecified atom stereocenters. The fourth-order valence-corrected chi connectivity index (χ4v) is 1.79. The van der Waals surface area contributed by atoms with Crippen molar-refractivity contribution in [3.63, 3.8) is 0 Å². The van der Waals surface area contributed by atoms with Crippen LogP contribution in [0.4, 0.5) is 0 Å². The SMILES string of the molecule is C=C(CC(=O)OCCCCCCOCC)C(=O)OCC(=O)OCCOC.